The van der Waals surface area contributed by atoms with E-state index in [1.165, 1.54) is 11.3 Å². The third-order valence-corrected chi connectivity index (χ3v) is 3.04. The predicted molar refractivity (Wildman–Crippen MR) is 65.2 cm³/mol. The van der Waals surface area contributed by atoms with Crippen LogP contribution in [0.2, 0.25) is 0 Å². The van der Waals surface area contributed by atoms with Gasteiger partial charge in [0.05, 0.1) is 4.88 Å². The highest BCUT2D eigenvalue weighted by molar-refractivity contribution is 7.12. The molecule has 0 spiro atoms. The molecule has 0 radical (unpaired) electrons. The van der Waals surface area contributed by atoms with E-state index in [2.05, 4.69) is 0 Å². The van der Waals surface area contributed by atoms with Crippen molar-refractivity contribution in [3.8, 4) is 0 Å². The standard InChI is InChI=1S/C12H18O3S/c1-14-7-4-9-15-8-2-5-11(13)12-6-3-10-16-12/h3,6,10H,2,4-5,7-9H2,1H3. The first-order chi connectivity index (χ1) is 7.84. The number of carbonyl (C=O) groups excluding carboxylic acids is 1. The topological polar surface area (TPSA) is 35.5 Å². The van der Waals surface area contributed by atoms with Gasteiger partial charge in [0.1, 0.15) is 0 Å². The molecule has 0 fully saturated rings. The molecule has 0 saturated carbocycles. The van der Waals surface area contributed by atoms with Crippen molar-refractivity contribution in [1.29, 1.82) is 0 Å². The van der Waals surface area contributed by atoms with Gasteiger partial charge in [-0.1, -0.05) is 6.07 Å². The van der Waals surface area contributed by atoms with E-state index in [9.17, 15) is 4.79 Å². The smallest absolute Gasteiger partial charge is 0.172 e. The Morgan fingerprint density at radius 1 is 1.31 bits per heavy atom. The largest absolute Gasteiger partial charge is 0.385 e. The molecule has 0 aliphatic carbocycles. The molecular formula is C12H18O3S. The number of hydrogen-bond acceptors (Lipinski definition) is 4. The molecule has 0 aliphatic heterocycles. The summed E-state index contributed by atoms with van der Waals surface area (Å²) >= 11 is 1.50. The SMILES string of the molecule is COCCCOCCCC(=O)c1cccs1. The van der Waals surface area contributed by atoms with Gasteiger partial charge in [-0.05, 0) is 24.3 Å². The van der Waals surface area contributed by atoms with Gasteiger partial charge in [0.25, 0.3) is 0 Å². The molecule has 3 nitrogen and oxygen atoms in total. The van der Waals surface area contributed by atoms with Gasteiger partial charge in [0.15, 0.2) is 5.78 Å². The molecule has 1 aromatic heterocycles. The average molecular weight is 242 g/mol. The summed E-state index contributed by atoms with van der Waals surface area (Å²) in [5.41, 5.74) is 0. The van der Waals surface area contributed by atoms with E-state index < -0.39 is 0 Å². The van der Waals surface area contributed by atoms with E-state index in [1.807, 2.05) is 17.5 Å². The summed E-state index contributed by atoms with van der Waals surface area (Å²) in [5.74, 6) is 0.218. The van der Waals surface area contributed by atoms with Crippen LogP contribution in [-0.2, 0) is 9.47 Å². The molecule has 0 aromatic carbocycles. The molecule has 0 aliphatic rings. The number of ether oxygens (including phenoxy) is 2. The third-order valence-electron chi connectivity index (χ3n) is 2.13. The van der Waals surface area contributed by atoms with Crippen molar-refractivity contribution < 1.29 is 14.3 Å². The second-order valence-corrected chi connectivity index (χ2v) is 4.41. The first-order valence-electron chi connectivity index (χ1n) is 5.48. The Labute approximate surface area is 100 Å². The second kappa shape index (κ2) is 8.44. The molecule has 1 aromatic rings. The van der Waals surface area contributed by atoms with E-state index in [-0.39, 0.29) is 5.78 Å². The molecule has 4 heteroatoms. The van der Waals surface area contributed by atoms with Gasteiger partial charge in [0.2, 0.25) is 0 Å². The fourth-order valence-corrected chi connectivity index (χ4v) is 2.00. The van der Waals surface area contributed by atoms with Crippen LogP contribution in [0.15, 0.2) is 17.5 Å². The summed E-state index contributed by atoms with van der Waals surface area (Å²) in [7, 11) is 1.68. The van der Waals surface area contributed by atoms with Crippen LogP contribution in [-0.4, -0.2) is 32.7 Å². The van der Waals surface area contributed by atoms with Crippen LogP contribution in [0.25, 0.3) is 0 Å². The van der Waals surface area contributed by atoms with Crippen LogP contribution in [0.4, 0.5) is 0 Å². The van der Waals surface area contributed by atoms with E-state index in [0.717, 1.165) is 24.3 Å². The van der Waals surface area contributed by atoms with Crippen molar-refractivity contribution in [3.63, 3.8) is 0 Å². The first kappa shape index (κ1) is 13.4. The van der Waals surface area contributed by atoms with Gasteiger partial charge in [0, 0.05) is 33.4 Å². The van der Waals surface area contributed by atoms with Crippen molar-refractivity contribution in [2.75, 3.05) is 26.9 Å². The first-order valence-corrected chi connectivity index (χ1v) is 6.36. The molecule has 90 valence electrons. The lowest BCUT2D eigenvalue weighted by molar-refractivity contribution is 0.0889. The van der Waals surface area contributed by atoms with Gasteiger partial charge < -0.3 is 9.47 Å². The maximum absolute atomic E-state index is 11.6. The van der Waals surface area contributed by atoms with Crippen LogP contribution in [0.1, 0.15) is 28.9 Å². The maximum atomic E-state index is 11.6. The fourth-order valence-electron chi connectivity index (χ4n) is 1.30. The molecule has 0 N–H and O–H groups in total. The van der Waals surface area contributed by atoms with E-state index >= 15 is 0 Å². The Morgan fingerprint density at radius 2 is 2.12 bits per heavy atom. The summed E-state index contributed by atoms with van der Waals surface area (Å²) in [4.78, 5) is 12.4. The Hall–Kier alpha value is -0.710. The highest BCUT2D eigenvalue weighted by Gasteiger charge is 2.05. The predicted octanol–water partition coefficient (Wildman–Crippen LogP) is 2.76. The minimum atomic E-state index is 0.218. The summed E-state index contributed by atoms with van der Waals surface area (Å²) < 4.78 is 10.3. The molecule has 0 unspecified atom stereocenters. The highest BCUT2D eigenvalue weighted by Crippen LogP contribution is 2.12. The number of thiophene rings is 1. The number of ketones is 1. The van der Waals surface area contributed by atoms with Crippen molar-refractivity contribution in [1.82, 2.24) is 0 Å². The van der Waals surface area contributed by atoms with Crippen molar-refractivity contribution in [3.05, 3.63) is 22.4 Å². The zero-order chi connectivity index (χ0) is 11.6. The Morgan fingerprint density at radius 3 is 2.81 bits per heavy atom. The Bertz CT molecular complexity index is 282. The normalized spacial score (nSPS) is 10.6. The Kier molecular flexibility index (Phi) is 7.05. The fraction of sp³-hybridized carbons (Fsp3) is 0.583. The molecule has 1 rings (SSSR count). The molecule has 0 saturated heterocycles. The second-order valence-electron chi connectivity index (χ2n) is 3.46. The van der Waals surface area contributed by atoms with Gasteiger partial charge in [-0.2, -0.15) is 0 Å². The van der Waals surface area contributed by atoms with Crippen LogP contribution in [0.5, 0.6) is 0 Å². The molecule has 0 amide bonds. The lowest BCUT2D eigenvalue weighted by Crippen LogP contribution is -2.03. The lowest BCUT2D eigenvalue weighted by atomic mass is 10.2. The van der Waals surface area contributed by atoms with Crippen molar-refractivity contribution in [2.24, 2.45) is 0 Å². The van der Waals surface area contributed by atoms with E-state index in [4.69, 9.17) is 9.47 Å². The zero-order valence-electron chi connectivity index (χ0n) is 9.61. The van der Waals surface area contributed by atoms with Gasteiger partial charge in [-0.15, -0.1) is 11.3 Å². The molecule has 0 atom stereocenters. The number of hydrogen-bond donors (Lipinski definition) is 0. The number of rotatable bonds is 9. The number of carbonyl (C=O) groups is 1. The molecular weight excluding hydrogens is 224 g/mol. The van der Waals surface area contributed by atoms with Crippen LogP contribution >= 0.6 is 11.3 Å². The summed E-state index contributed by atoms with van der Waals surface area (Å²) in [5, 5.41) is 1.93. The van der Waals surface area contributed by atoms with Gasteiger partial charge >= 0.3 is 0 Å². The summed E-state index contributed by atoms with van der Waals surface area (Å²) in [6.07, 6.45) is 2.28. The minimum absolute atomic E-state index is 0.218. The van der Waals surface area contributed by atoms with Crippen LogP contribution < -0.4 is 0 Å². The Balaban J connectivity index is 1.97. The highest BCUT2D eigenvalue weighted by atomic mass is 32.1. The van der Waals surface area contributed by atoms with Crippen molar-refractivity contribution >= 4 is 17.1 Å². The summed E-state index contributed by atoms with van der Waals surface area (Å²) in [6.45, 7) is 2.09. The van der Waals surface area contributed by atoms with Crippen molar-refractivity contribution in [2.45, 2.75) is 19.3 Å². The van der Waals surface area contributed by atoms with E-state index in [1.54, 1.807) is 7.11 Å². The van der Waals surface area contributed by atoms with Gasteiger partial charge in [-0.3, -0.25) is 4.79 Å². The lowest BCUT2D eigenvalue weighted by Gasteiger charge is -2.02. The summed E-state index contributed by atoms with van der Waals surface area (Å²) in [6, 6.07) is 3.77. The van der Waals surface area contributed by atoms with Crippen LogP contribution in [0, 0.1) is 0 Å². The molecule has 16 heavy (non-hydrogen) atoms. The van der Waals surface area contributed by atoms with Gasteiger partial charge in [-0.25, -0.2) is 0 Å². The number of methoxy groups -OCH3 is 1. The molecule has 1 heterocycles. The maximum Gasteiger partial charge on any atom is 0.172 e. The number of Topliss-reactive ketones (excluding diaryl/α,β-unsaturated/α-hetero) is 1. The zero-order valence-corrected chi connectivity index (χ0v) is 10.4. The molecule has 0 bridgehead atoms. The van der Waals surface area contributed by atoms with E-state index in [0.29, 0.717) is 19.6 Å². The minimum Gasteiger partial charge on any atom is -0.385 e. The quantitative estimate of drug-likeness (QED) is 0.493. The monoisotopic (exact) mass is 242 g/mol. The van der Waals surface area contributed by atoms with Crippen LogP contribution in [0.3, 0.4) is 0 Å². The third kappa shape index (κ3) is 5.39. The average Bonchev–Trinajstić information content (AvgIpc) is 2.81.